The van der Waals surface area contributed by atoms with Gasteiger partial charge in [0.2, 0.25) is 0 Å². The van der Waals surface area contributed by atoms with Crippen LogP contribution in [0, 0.1) is 39.3 Å². The zero-order valence-corrected chi connectivity index (χ0v) is 18.2. The molecule has 5 rings (SSSR count). The van der Waals surface area contributed by atoms with E-state index >= 15 is 0 Å². The SMILES string of the molecule is Cc1ccc2c(c1)C(c1ccc(F)c(C)c1)(c1ccc(F)c(C)c1)c1cc(C)ccc1-2. The summed E-state index contributed by atoms with van der Waals surface area (Å²) < 4.78 is 28.6. The van der Waals surface area contributed by atoms with Crippen molar-refractivity contribution in [1.82, 2.24) is 0 Å². The van der Waals surface area contributed by atoms with Gasteiger partial charge >= 0.3 is 0 Å². The Morgan fingerprint density at radius 1 is 0.516 bits per heavy atom. The summed E-state index contributed by atoms with van der Waals surface area (Å²) in [5.41, 5.74) is 9.53. The van der Waals surface area contributed by atoms with Crippen LogP contribution < -0.4 is 0 Å². The number of fused-ring (bicyclic) bond motifs is 3. The molecule has 154 valence electrons. The predicted molar refractivity (Wildman–Crippen MR) is 123 cm³/mol. The van der Waals surface area contributed by atoms with Gasteiger partial charge in [-0.25, -0.2) is 8.78 Å². The number of rotatable bonds is 2. The Morgan fingerprint density at radius 3 is 1.32 bits per heavy atom. The van der Waals surface area contributed by atoms with Gasteiger partial charge in [-0.1, -0.05) is 71.8 Å². The average molecular weight is 411 g/mol. The zero-order chi connectivity index (χ0) is 21.9. The van der Waals surface area contributed by atoms with Crippen LogP contribution >= 0.6 is 0 Å². The van der Waals surface area contributed by atoms with E-state index in [-0.39, 0.29) is 11.6 Å². The standard InChI is InChI=1S/C29H24F2/c1-17-5-9-23-24-10-6-18(2)14-26(24)29(25(23)13-17,21-7-11-27(30)19(3)15-21)22-8-12-28(31)20(4)16-22/h5-16H,1-4H3. The zero-order valence-electron chi connectivity index (χ0n) is 18.2. The van der Waals surface area contributed by atoms with Crippen molar-refractivity contribution in [3.8, 4) is 11.1 Å². The lowest BCUT2D eigenvalue weighted by molar-refractivity contribution is 0.612. The van der Waals surface area contributed by atoms with Crippen molar-refractivity contribution in [3.63, 3.8) is 0 Å². The predicted octanol–water partition coefficient (Wildman–Crippen LogP) is 7.56. The molecule has 0 saturated carbocycles. The van der Waals surface area contributed by atoms with Crippen LogP contribution in [0.4, 0.5) is 8.78 Å². The van der Waals surface area contributed by atoms with Gasteiger partial charge in [-0.15, -0.1) is 0 Å². The van der Waals surface area contributed by atoms with Crippen molar-refractivity contribution < 1.29 is 8.78 Å². The van der Waals surface area contributed by atoms with E-state index in [0.717, 1.165) is 33.4 Å². The van der Waals surface area contributed by atoms with Crippen molar-refractivity contribution in [2.75, 3.05) is 0 Å². The first-order valence-corrected chi connectivity index (χ1v) is 10.6. The summed E-state index contributed by atoms with van der Waals surface area (Å²) in [5.74, 6) is -0.442. The van der Waals surface area contributed by atoms with Crippen LogP contribution in [0.2, 0.25) is 0 Å². The van der Waals surface area contributed by atoms with Gasteiger partial charge in [-0.2, -0.15) is 0 Å². The largest absolute Gasteiger partial charge is 0.207 e. The van der Waals surface area contributed by atoms with Crippen LogP contribution in [0.1, 0.15) is 44.5 Å². The number of hydrogen-bond acceptors (Lipinski definition) is 0. The minimum atomic E-state index is -0.639. The van der Waals surface area contributed by atoms with E-state index in [2.05, 4.69) is 50.2 Å². The molecule has 31 heavy (non-hydrogen) atoms. The Hall–Kier alpha value is -3.26. The second-order valence-corrected chi connectivity index (χ2v) is 8.78. The molecular weight excluding hydrogens is 386 g/mol. The molecule has 2 heteroatoms. The number of benzene rings is 4. The first-order valence-electron chi connectivity index (χ1n) is 10.6. The summed E-state index contributed by atoms with van der Waals surface area (Å²) in [4.78, 5) is 0. The maximum Gasteiger partial charge on any atom is 0.126 e. The number of halogens is 2. The lowest BCUT2D eigenvalue weighted by Crippen LogP contribution is -2.29. The van der Waals surface area contributed by atoms with Crippen molar-refractivity contribution in [2.24, 2.45) is 0 Å². The first-order chi connectivity index (χ1) is 14.8. The highest BCUT2D eigenvalue weighted by atomic mass is 19.1. The van der Waals surface area contributed by atoms with Gasteiger partial charge in [0.05, 0.1) is 5.41 Å². The van der Waals surface area contributed by atoms with Crippen molar-refractivity contribution in [1.29, 1.82) is 0 Å². The second kappa shape index (κ2) is 6.88. The molecule has 4 aromatic rings. The van der Waals surface area contributed by atoms with Crippen LogP contribution in [0.15, 0.2) is 72.8 Å². The lowest BCUT2D eigenvalue weighted by atomic mass is 9.67. The quantitative estimate of drug-likeness (QED) is 0.282. The minimum Gasteiger partial charge on any atom is -0.207 e. The fraction of sp³-hybridized carbons (Fsp3) is 0.172. The molecule has 0 radical (unpaired) electrons. The molecular formula is C29H24F2. The Bertz CT molecular complexity index is 1240. The van der Waals surface area contributed by atoms with Crippen LogP contribution in [0.5, 0.6) is 0 Å². The van der Waals surface area contributed by atoms with E-state index in [4.69, 9.17) is 0 Å². The van der Waals surface area contributed by atoms with Crippen LogP contribution in [-0.4, -0.2) is 0 Å². The first kappa shape index (κ1) is 19.7. The van der Waals surface area contributed by atoms with Gasteiger partial charge in [0.1, 0.15) is 11.6 Å². The highest BCUT2D eigenvalue weighted by Gasteiger charge is 2.46. The molecule has 0 heterocycles. The molecule has 4 aromatic carbocycles. The molecule has 0 fully saturated rings. The molecule has 0 atom stereocenters. The molecule has 0 spiro atoms. The third-order valence-electron chi connectivity index (χ3n) is 6.63. The average Bonchev–Trinajstić information content (AvgIpc) is 3.01. The van der Waals surface area contributed by atoms with E-state index in [0.29, 0.717) is 11.1 Å². The normalized spacial score (nSPS) is 13.7. The second-order valence-electron chi connectivity index (χ2n) is 8.78. The van der Waals surface area contributed by atoms with Gasteiger partial charge in [0.25, 0.3) is 0 Å². The molecule has 0 aliphatic heterocycles. The molecule has 0 N–H and O–H groups in total. The summed E-state index contributed by atoms with van der Waals surface area (Å²) in [7, 11) is 0. The van der Waals surface area contributed by atoms with Gasteiger partial charge in [-0.3, -0.25) is 0 Å². The smallest absolute Gasteiger partial charge is 0.126 e. The van der Waals surface area contributed by atoms with Crippen molar-refractivity contribution in [2.45, 2.75) is 33.1 Å². The van der Waals surface area contributed by atoms with E-state index in [9.17, 15) is 8.78 Å². The molecule has 1 aliphatic carbocycles. The summed E-state index contributed by atoms with van der Waals surface area (Å²) in [5, 5.41) is 0. The van der Waals surface area contributed by atoms with E-state index in [1.807, 2.05) is 24.3 Å². The summed E-state index contributed by atoms with van der Waals surface area (Å²) in [6.45, 7) is 7.77. The molecule has 0 unspecified atom stereocenters. The number of hydrogen-bond donors (Lipinski definition) is 0. The molecule has 1 aliphatic rings. The summed E-state index contributed by atoms with van der Waals surface area (Å²) in [6, 6.07) is 23.8. The van der Waals surface area contributed by atoms with Gasteiger partial charge < -0.3 is 0 Å². The maximum atomic E-state index is 14.3. The third-order valence-corrected chi connectivity index (χ3v) is 6.63. The van der Waals surface area contributed by atoms with Crippen molar-refractivity contribution in [3.05, 3.63) is 129 Å². The summed E-state index contributed by atoms with van der Waals surface area (Å²) in [6.07, 6.45) is 0. The van der Waals surface area contributed by atoms with Gasteiger partial charge in [-0.05, 0) is 84.3 Å². The minimum absolute atomic E-state index is 0.221. The van der Waals surface area contributed by atoms with E-state index in [1.165, 1.54) is 11.1 Å². The monoisotopic (exact) mass is 410 g/mol. The Balaban J connectivity index is 2.00. The number of aryl methyl sites for hydroxylation is 4. The molecule has 0 aromatic heterocycles. The molecule has 0 saturated heterocycles. The van der Waals surface area contributed by atoms with Crippen LogP contribution in [0.25, 0.3) is 11.1 Å². The Labute approximate surface area is 182 Å². The summed E-state index contributed by atoms with van der Waals surface area (Å²) >= 11 is 0. The topological polar surface area (TPSA) is 0 Å². The van der Waals surface area contributed by atoms with Gasteiger partial charge in [0, 0.05) is 0 Å². The van der Waals surface area contributed by atoms with E-state index < -0.39 is 5.41 Å². The highest BCUT2D eigenvalue weighted by Crippen LogP contribution is 2.56. The molecule has 0 nitrogen and oxygen atoms in total. The van der Waals surface area contributed by atoms with Crippen LogP contribution in [-0.2, 0) is 5.41 Å². The lowest BCUT2D eigenvalue weighted by Gasteiger charge is -2.34. The van der Waals surface area contributed by atoms with Gasteiger partial charge in [0.15, 0.2) is 0 Å². The fourth-order valence-corrected chi connectivity index (χ4v) is 5.10. The maximum absolute atomic E-state index is 14.3. The molecule has 0 bridgehead atoms. The Kier molecular flexibility index (Phi) is 4.37. The fourth-order valence-electron chi connectivity index (χ4n) is 5.10. The third kappa shape index (κ3) is 2.78. The Morgan fingerprint density at radius 2 is 0.935 bits per heavy atom. The van der Waals surface area contributed by atoms with E-state index in [1.54, 1.807) is 26.0 Å². The molecule has 0 amide bonds. The highest BCUT2D eigenvalue weighted by molar-refractivity contribution is 5.86. The van der Waals surface area contributed by atoms with Crippen LogP contribution in [0.3, 0.4) is 0 Å². The van der Waals surface area contributed by atoms with Crippen molar-refractivity contribution >= 4 is 0 Å².